The summed E-state index contributed by atoms with van der Waals surface area (Å²) >= 11 is 0. The van der Waals surface area contributed by atoms with Crippen molar-refractivity contribution in [3.63, 3.8) is 0 Å². The molecule has 0 saturated carbocycles. The second-order valence-electron chi connectivity index (χ2n) is 2.60. The predicted molar refractivity (Wildman–Crippen MR) is 49.6 cm³/mol. The number of fused-ring (bicyclic) bond motifs is 1. The van der Waals surface area contributed by atoms with Crippen molar-refractivity contribution in [2.75, 3.05) is 0 Å². The molecule has 0 atom stereocenters. The molecule has 1 heterocycles. The van der Waals surface area contributed by atoms with E-state index in [4.69, 9.17) is 5.53 Å². The topological polar surface area (TPSA) is 94.5 Å². The number of nitrogens with zero attached hydrogens (tertiary/aromatic N) is 4. The van der Waals surface area contributed by atoms with Gasteiger partial charge in [-0.2, -0.15) is 0 Å². The number of aromatic nitrogens is 2. The van der Waals surface area contributed by atoms with Gasteiger partial charge in [0.15, 0.2) is 5.82 Å². The van der Waals surface area contributed by atoms with Gasteiger partial charge in [-0.05, 0) is 22.8 Å². The number of hydrogen-bond donors (Lipinski definition) is 1. The van der Waals surface area contributed by atoms with E-state index >= 15 is 0 Å². The number of carbonyl (C=O) groups is 1. The van der Waals surface area contributed by atoms with Crippen LogP contribution in [0.1, 0.15) is 10.6 Å². The molecule has 0 aliphatic rings. The summed E-state index contributed by atoms with van der Waals surface area (Å²) in [6.07, 6.45) is 0. The first-order valence-electron chi connectivity index (χ1n) is 3.85. The van der Waals surface area contributed by atoms with Gasteiger partial charge in [-0.25, -0.2) is 4.98 Å². The lowest BCUT2D eigenvalue weighted by Gasteiger charge is -1.82. The number of para-hydroxylation sites is 2. The molecule has 0 radical (unpaired) electrons. The van der Waals surface area contributed by atoms with Crippen LogP contribution in [0.5, 0.6) is 0 Å². The quantitative estimate of drug-likeness (QED) is 0.420. The Morgan fingerprint density at radius 1 is 1.50 bits per heavy atom. The summed E-state index contributed by atoms with van der Waals surface area (Å²) in [5.41, 5.74) is 9.48. The van der Waals surface area contributed by atoms with Crippen molar-refractivity contribution in [1.29, 1.82) is 0 Å². The Kier molecular flexibility index (Phi) is 1.89. The molecule has 6 nitrogen and oxygen atoms in total. The molecular weight excluding hydrogens is 182 g/mol. The van der Waals surface area contributed by atoms with Gasteiger partial charge in [0.2, 0.25) is 0 Å². The van der Waals surface area contributed by atoms with E-state index in [2.05, 4.69) is 20.0 Å². The van der Waals surface area contributed by atoms with Crippen molar-refractivity contribution in [2.24, 2.45) is 5.11 Å². The molecule has 2 aromatic rings. The molecule has 14 heavy (non-hydrogen) atoms. The third-order valence-corrected chi connectivity index (χ3v) is 1.73. The average Bonchev–Trinajstić information content (AvgIpc) is 2.61. The van der Waals surface area contributed by atoms with Crippen molar-refractivity contribution < 1.29 is 4.79 Å². The largest absolute Gasteiger partial charge is 0.335 e. The molecule has 1 N–H and O–H groups in total. The second kappa shape index (κ2) is 3.20. The second-order valence-corrected chi connectivity index (χ2v) is 2.60. The van der Waals surface area contributed by atoms with Gasteiger partial charge in [0, 0.05) is 4.91 Å². The number of hydrogen-bond acceptors (Lipinski definition) is 2. The lowest BCUT2D eigenvalue weighted by molar-refractivity contribution is 0.0992. The highest BCUT2D eigenvalue weighted by molar-refractivity contribution is 5.94. The molecule has 0 aliphatic heterocycles. The summed E-state index contributed by atoms with van der Waals surface area (Å²) in [6, 6.07) is 7.18. The Morgan fingerprint density at radius 2 is 2.29 bits per heavy atom. The number of carbonyl (C=O) groups excluding carboxylic acids is 1. The minimum Gasteiger partial charge on any atom is -0.335 e. The maximum absolute atomic E-state index is 11.1. The van der Waals surface area contributed by atoms with Gasteiger partial charge in [-0.15, -0.1) is 0 Å². The van der Waals surface area contributed by atoms with E-state index in [-0.39, 0.29) is 5.82 Å². The maximum atomic E-state index is 11.1. The number of H-pyrrole nitrogens is 1. The molecule has 0 saturated heterocycles. The lowest BCUT2D eigenvalue weighted by Crippen LogP contribution is -1.95. The first kappa shape index (κ1) is 8.28. The molecule has 68 valence electrons. The van der Waals surface area contributed by atoms with Crippen LogP contribution in [0.25, 0.3) is 21.5 Å². The van der Waals surface area contributed by atoms with Gasteiger partial charge in [0.25, 0.3) is 5.91 Å². The molecule has 0 spiro atoms. The van der Waals surface area contributed by atoms with Gasteiger partial charge in [-0.1, -0.05) is 12.1 Å². The smallest absolute Gasteiger partial charge is 0.284 e. The molecule has 0 fully saturated rings. The van der Waals surface area contributed by atoms with E-state index in [9.17, 15) is 4.79 Å². The van der Waals surface area contributed by atoms with Crippen molar-refractivity contribution in [2.45, 2.75) is 0 Å². The molecule has 1 aromatic carbocycles. The monoisotopic (exact) mass is 187 g/mol. The molecular formula is C8H5N5O. The summed E-state index contributed by atoms with van der Waals surface area (Å²) in [7, 11) is 0. The van der Waals surface area contributed by atoms with Crippen molar-refractivity contribution in [1.82, 2.24) is 9.97 Å². The van der Waals surface area contributed by atoms with Crippen LogP contribution in [0.4, 0.5) is 0 Å². The Morgan fingerprint density at radius 3 is 3.00 bits per heavy atom. The fourth-order valence-corrected chi connectivity index (χ4v) is 1.14. The van der Waals surface area contributed by atoms with Crippen molar-refractivity contribution in [3.8, 4) is 0 Å². The van der Waals surface area contributed by atoms with Crippen molar-refractivity contribution >= 4 is 16.9 Å². The van der Waals surface area contributed by atoms with Crippen LogP contribution in [0, 0.1) is 0 Å². The van der Waals surface area contributed by atoms with Gasteiger partial charge in [0.1, 0.15) is 0 Å². The van der Waals surface area contributed by atoms with E-state index in [1.807, 2.05) is 12.1 Å². The first-order chi connectivity index (χ1) is 6.81. The number of azide groups is 1. The van der Waals surface area contributed by atoms with Gasteiger partial charge in [-0.3, -0.25) is 4.79 Å². The summed E-state index contributed by atoms with van der Waals surface area (Å²) < 4.78 is 0. The van der Waals surface area contributed by atoms with Crippen LogP contribution in [0.3, 0.4) is 0 Å². The molecule has 6 heteroatoms. The third kappa shape index (κ3) is 1.30. The molecule has 2 rings (SSSR count). The maximum Gasteiger partial charge on any atom is 0.284 e. The van der Waals surface area contributed by atoms with Crippen LogP contribution in [0.2, 0.25) is 0 Å². The molecule has 0 aliphatic carbocycles. The van der Waals surface area contributed by atoms with Crippen molar-refractivity contribution in [3.05, 3.63) is 40.5 Å². The molecule has 1 aromatic heterocycles. The van der Waals surface area contributed by atoms with Gasteiger partial charge < -0.3 is 4.98 Å². The minimum absolute atomic E-state index is 0.0593. The van der Waals surface area contributed by atoms with Crippen LogP contribution in [-0.2, 0) is 0 Å². The number of aromatic amines is 1. The average molecular weight is 187 g/mol. The van der Waals surface area contributed by atoms with Crippen LogP contribution in [-0.4, -0.2) is 15.9 Å². The first-order valence-corrected chi connectivity index (χ1v) is 3.85. The number of amides is 1. The summed E-state index contributed by atoms with van der Waals surface area (Å²) in [6.45, 7) is 0. The van der Waals surface area contributed by atoms with E-state index in [0.717, 1.165) is 5.52 Å². The van der Waals surface area contributed by atoms with Crippen LogP contribution in [0.15, 0.2) is 29.4 Å². The normalized spacial score (nSPS) is 9.71. The Balaban J connectivity index is 2.55. The predicted octanol–water partition coefficient (Wildman–Crippen LogP) is 2.01. The number of benzene rings is 1. The molecule has 0 unspecified atom stereocenters. The van der Waals surface area contributed by atoms with E-state index in [1.165, 1.54) is 0 Å². The molecule has 0 bridgehead atoms. The standard InChI is InChI=1S/C8H5N5O/c9-13-12-8(14)7-10-5-3-1-2-4-6(5)11-7/h1-4H,(H,10,11). The zero-order valence-corrected chi connectivity index (χ0v) is 7.01. The Hall–Kier alpha value is -2.33. The summed E-state index contributed by atoms with van der Waals surface area (Å²) in [4.78, 5) is 20.2. The highest BCUT2D eigenvalue weighted by Crippen LogP contribution is 2.10. The van der Waals surface area contributed by atoms with E-state index < -0.39 is 5.91 Å². The minimum atomic E-state index is -0.705. The van der Waals surface area contributed by atoms with Crippen LogP contribution >= 0.6 is 0 Å². The third-order valence-electron chi connectivity index (χ3n) is 1.73. The highest BCUT2D eigenvalue weighted by atomic mass is 16.2. The summed E-state index contributed by atoms with van der Waals surface area (Å²) in [5, 5.41) is 2.94. The van der Waals surface area contributed by atoms with Gasteiger partial charge in [0.05, 0.1) is 11.0 Å². The fourth-order valence-electron chi connectivity index (χ4n) is 1.14. The van der Waals surface area contributed by atoms with Crippen LogP contribution < -0.4 is 0 Å². The number of imidazole rings is 1. The Labute approximate surface area is 78.2 Å². The number of rotatable bonds is 1. The fraction of sp³-hybridized carbons (Fsp3) is 0. The number of nitrogens with one attached hydrogen (secondary N) is 1. The van der Waals surface area contributed by atoms with E-state index in [1.54, 1.807) is 12.1 Å². The van der Waals surface area contributed by atoms with Gasteiger partial charge >= 0.3 is 0 Å². The summed E-state index contributed by atoms with van der Waals surface area (Å²) in [5.74, 6) is -0.646. The Bertz CT molecular complexity index is 504. The molecule has 1 amide bonds. The lowest BCUT2D eigenvalue weighted by atomic mass is 10.3. The highest BCUT2D eigenvalue weighted by Gasteiger charge is 2.08. The zero-order chi connectivity index (χ0) is 9.97. The van der Waals surface area contributed by atoms with E-state index in [0.29, 0.717) is 5.52 Å². The zero-order valence-electron chi connectivity index (χ0n) is 7.01. The SMILES string of the molecule is [N-]=[N+]=NC(=O)c1nc2ccccc2[nH]1.